The fraction of sp³-hybridized carbons (Fsp3) is 0.385. The SMILES string of the molecule is CCN(CC(=O)OC)S(=O)(=O)c1cc(C(N)=S)ccc1C. The van der Waals surface area contributed by atoms with Crippen LogP contribution in [-0.2, 0) is 19.6 Å². The van der Waals surface area contributed by atoms with E-state index >= 15 is 0 Å². The first-order chi connectivity index (χ1) is 9.73. The number of benzene rings is 1. The summed E-state index contributed by atoms with van der Waals surface area (Å²) in [5.74, 6) is -0.622. The van der Waals surface area contributed by atoms with Gasteiger partial charge in [-0.1, -0.05) is 31.3 Å². The summed E-state index contributed by atoms with van der Waals surface area (Å²) in [6.45, 7) is 3.12. The Morgan fingerprint density at radius 1 is 1.43 bits per heavy atom. The van der Waals surface area contributed by atoms with E-state index in [1.54, 1.807) is 26.0 Å². The molecule has 0 heterocycles. The zero-order valence-electron chi connectivity index (χ0n) is 12.1. The van der Waals surface area contributed by atoms with Crippen LogP contribution in [0.4, 0.5) is 0 Å². The summed E-state index contributed by atoms with van der Waals surface area (Å²) in [5, 5.41) is 0. The third-order valence-corrected chi connectivity index (χ3v) is 5.27. The second-order valence-electron chi connectivity index (χ2n) is 4.35. The van der Waals surface area contributed by atoms with E-state index in [1.807, 2.05) is 0 Å². The van der Waals surface area contributed by atoms with Crippen molar-refractivity contribution in [2.45, 2.75) is 18.7 Å². The largest absolute Gasteiger partial charge is 0.468 e. The lowest BCUT2D eigenvalue weighted by atomic mass is 10.1. The summed E-state index contributed by atoms with van der Waals surface area (Å²) in [5.41, 5.74) is 6.55. The fourth-order valence-electron chi connectivity index (χ4n) is 1.75. The number of thiocarbonyl (C=S) groups is 1. The molecule has 0 aromatic heterocycles. The third-order valence-electron chi connectivity index (χ3n) is 2.98. The van der Waals surface area contributed by atoms with Gasteiger partial charge >= 0.3 is 5.97 Å². The number of aryl methyl sites for hydroxylation is 1. The average molecular weight is 330 g/mol. The third kappa shape index (κ3) is 3.99. The van der Waals surface area contributed by atoms with Crippen molar-refractivity contribution in [1.29, 1.82) is 0 Å². The monoisotopic (exact) mass is 330 g/mol. The molecule has 6 nitrogen and oxygen atoms in total. The number of nitrogens with two attached hydrogens (primary N) is 1. The Morgan fingerprint density at radius 3 is 2.52 bits per heavy atom. The number of nitrogens with zero attached hydrogens (tertiary/aromatic N) is 1. The van der Waals surface area contributed by atoms with Gasteiger partial charge in [0.15, 0.2) is 0 Å². The van der Waals surface area contributed by atoms with Crippen LogP contribution < -0.4 is 5.73 Å². The van der Waals surface area contributed by atoms with Crippen LogP contribution in [-0.4, -0.2) is 43.9 Å². The minimum absolute atomic E-state index is 0.0820. The molecule has 0 saturated carbocycles. The Bertz CT molecular complexity index is 656. The highest BCUT2D eigenvalue weighted by atomic mass is 32.2. The number of hydrogen-bond acceptors (Lipinski definition) is 5. The summed E-state index contributed by atoms with van der Waals surface area (Å²) >= 11 is 4.87. The van der Waals surface area contributed by atoms with Crippen LogP contribution in [0.5, 0.6) is 0 Å². The number of rotatable bonds is 6. The number of carbonyl (C=O) groups is 1. The molecule has 1 rings (SSSR count). The lowest BCUT2D eigenvalue weighted by molar-refractivity contribution is -0.140. The van der Waals surface area contributed by atoms with Crippen LogP contribution >= 0.6 is 12.2 Å². The smallest absolute Gasteiger partial charge is 0.321 e. The molecular weight excluding hydrogens is 312 g/mol. The average Bonchev–Trinajstić information content (AvgIpc) is 2.44. The van der Waals surface area contributed by atoms with E-state index in [2.05, 4.69) is 4.74 Å². The molecule has 21 heavy (non-hydrogen) atoms. The predicted octanol–water partition coefficient (Wildman–Crippen LogP) is 0.813. The van der Waals surface area contributed by atoms with E-state index in [0.717, 1.165) is 4.31 Å². The number of likely N-dealkylation sites (N-methyl/N-ethyl adjacent to an activating group) is 1. The lowest BCUT2D eigenvalue weighted by Crippen LogP contribution is -2.36. The molecule has 1 aromatic rings. The van der Waals surface area contributed by atoms with Crippen molar-refractivity contribution in [2.75, 3.05) is 20.2 Å². The summed E-state index contributed by atoms with van der Waals surface area (Å²) < 4.78 is 30.9. The molecule has 0 spiro atoms. The van der Waals surface area contributed by atoms with Gasteiger partial charge in [0, 0.05) is 12.1 Å². The van der Waals surface area contributed by atoms with Crippen molar-refractivity contribution in [3.05, 3.63) is 29.3 Å². The first-order valence-electron chi connectivity index (χ1n) is 6.21. The van der Waals surface area contributed by atoms with E-state index in [-0.39, 0.29) is 23.0 Å². The number of ether oxygens (including phenoxy) is 1. The van der Waals surface area contributed by atoms with E-state index in [1.165, 1.54) is 13.2 Å². The van der Waals surface area contributed by atoms with Gasteiger partial charge in [0.2, 0.25) is 10.0 Å². The van der Waals surface area contributed by atoms with Gasteiger partial charge in [0.25, 0.3) is 0 Å². The number of esters is 1. The normalized spacial score (nSPS) is 11.4. The molecule has 8 heteroatoms. The summed E-state index contributed by atoms with van der Waals surface area (Å²) in [6, 6.07) is 4.72. The maximum atomic E-state index is 12.6. The van der Waals surface area contributed by atoms with Gasteiger partial charge in [0.1, 0.15) is 11.5 Å². The van der Waals surface area contributed by atoms with Crippen molar-refractivity contribution in [2.24, 2.45) is 5.73 Å². The van der Waals surface area contributed by atoms with Crippen molar-refractivity contribution >= 4 is 33.2 Å². The number of carbonyl (C=O) groups excluding carboxylic acids is 1. The van der Waals surface area contributed by atoms with Crippen LogP contribution in [0.3, 0.4) is 0 Å². The Hall–Kier alpha value is -1.51. The Balaban J connectivity index is 3.31. The molecule has 2 N–H and O–H groups in total. The molecule has 0 saturated heterocycles. The number of sulfonamides is 1. The van der Waals surface area contributed by atoms with Gasteiger partial charge in [-0.25, -0.2) is 8.42 Å². The molecule has 116 valence electrons. The van der Waals surface area contributed by atoms with Gasteiger partial charge in [-0.05, 0) is 18.6 Å². The van der Waals surface area contributed by atoms with Gasteiger partial charge in [-0.3, -0.25) is 4.79 Å². The summed E-state index contributed by atoms with van der Waals surface area (Å²) in [6.07, 6.45) is 0. The van der Waals surface area contributed by atoms with Crippen LogP contribution in [0.15, 0.2) is 23.1 Å². The fourth-order valence-corrected chi connectivity index (χ4v) is 3.52. The number of hydrogen-bond donors (Lipinski definition) is 1. The van der Waals surface area contributed by atoms with Crippen LogP contribution in [0, 0.1) is 6.92 Å². The Kier molecular flexibility index (Phi) is 5.82. The maximum absolute atomic E-state index is 12.6. The first kappa shape index (κ1) is 17.5. The van der Waals surface area contributed by atoms with E-state index in [0.29, 0.717) is 11.1 Å². The lowest BCUT2D eigenvalue weighted by Gasteiger charge is -2.20. The van der Waals surface area contributed by atoms with Crippen molar-refractivity contribution in [3.63, 3.8) is 0 Å². The van der Waals surface area contributed by atoms with Crippen molar-refractivity contribution in [3.8, 4) is 0 Å². The van der Waals surface area contributed by atoms with Crippen molar-refractivity contribution < 1.29 is 17.9 Å². The van der Waals surface area contributed by atoms with Gasteiger partial charge in [0.05, 0.1) is 12.0 Å². The molecule has 0 fully saturated rings. The van der Waals surface area contributed by atoms with E-state index < -0.39 is 16.0 Å². The molecular formula is C13H18N2O4S2. The minimum Gasteiger partial charge on any atom is -0.468 e. The molecule has 0 unspecified atom stereocenters. The molecule has 0 amide bonds. The Morgan fingerprint density at radius 2 is 2.05 bits per heavy atom. The van der Waals surface area contributed by atoms with Gasteiger partial charge < -0.3 is 10.5 Å². The maximum Gasteiger partial charge on any atom is 0.321 e. The minimum atomic E-state index is -3.83. The van der Waals surface area contributed by atoms with E-state index in [4.69, 9.17) is 18.0 Å². The van der Waals surface area contributed by atoms with Gasteiger partial charge in [-0.15, -0.1) is 0 Å². The second-order valence-corrected chi connectivity index (χ2v) is 6.70. The summed E-state index contributed by atoms with van der Waals surface area (Å²) in [4.78, 5) is 11.5. The highest BCUT2D eigenvalue weighted by molar-refractivity contribution is 7.89. The number of methoxy groups -OCH3 is 1. The summed E-state index contributed by atoms with van der Waals surface area (Å²) in [7, 11) is -2.62. The first-order valence-corrected chi connectivity index (χ1v) is 8.06. The predicted molar refractivity (Wildman–Crippen MR) is 83.5 cm³/mol. The molecule has 0 radical (unpaired) electrons. The highest BCUT2D eigenvalue weighted by Crippen LogP contribution is 2.21. The Labute approximate surface area is 129 Å². The van der Waals surface area contributed by atoms with Crippen LogP contribution in [0.2, 0.25) is 0 Å². The standard InChI is InChI=1S/C13H18N2O4S2/c1-4-15(8-12(16)19-3)21(17,18)11-7-10(13(14)20)6-5-9(11)2/h5-7H,4,8H2,1-3H3,(H2,14,20). The topological polar surface area (TPSA) is 89.7 Å². The van der Waals surface area contributed by atoms with E-state index in [9.17, 15) is 13.2 Å². The highest BCUT2D eigenvalue weighted by Gasteiger charge is 2.27. The van der Waals surface area contributed by atoms with Crippen LogP contribution in [0.25, 0.3) is 0 Å². The van der Waals surface area contributed by atoms with Gasteiger partial charge in [-0.2, -0.15) is 4.31 Å². The second kappa shape index (κ2) is 6.97. The quantitative estimate of drug-likeness (QED) is 0.613. The molecule has 0 bridgehead atoms. The zero-order chi connectivity index (χ0) is 16.2. The molecule has 0 aliphatic carbocycles. The molecule has 0 aliphatic heterocycles. The zero-order valence-corrected chi connectivity index (χ0v) is 13.8. The molecule has 1 aromatic carbocycles. The van der Waals surface area contributed by atoms with Crippen LogP contribution in [0.1, 0.15) is 18.1 Å². The molecule has 0 aliphatic rings. The van der Waals surface area contributed by atoms with Crippen molar-refractivity contribution in [1.82, 2.24) is 4.31 Å². The molecule has 0 atom stereocenters.